The molecule has 0 N–H and O–H groups in total. The highest BCUT2D eigenvalue weighted by Gasteiger charge is 2.63. The first-order valence-corrected chi connectivity index (χ1v) is 13.0. The Hall–Kier alpha value is -2.87. The van der Waals surface area contributed by atoms with Gasteiger partial charge in [-0.3, -0.25) is 14.2 Å². The summed E-state index contributed by atoms with van der Waals surface area (Å²) >= 11 is 6.38. The number of aromatic nitrogens is 2. The molecule has 4 saturated carbocycles. The number of fused-ring (bicyclic) bond motifs is 1. The van der Waals surface area contributed by atoms with E-state index in [-0.39, 0.29) is 39.7 Å². The standard InChI is InChI=1S/C28H27ClF3N3O2/c1-34(2)24-6-4-19-25(37)20(14-35(26(19)33-24)22-5-3-18(30)9-21(22)29)23(36)13-27-10-15-7-16(11-27)28(31,32)17(8-15)12-27/h3-6,9,14-17H,7-8,10-13H2,1-2H3. The van der Waals surface area contributed by atoms with Crippen molar-refractivity contribution in [3.8, 4) is 5.69 Å². The zero-order valence-corrected chi connectivity index (χ0v) is 21.4. The number of hydrogen-bond acceptors (Lipinski definition) is 4. The summed E-state index contributed by atoms with van der Waals surface area (Å²) in [7, 11) is 3.63. The van der Waals surface area contributed by atoms with E-state index in [0.717, 1.165) is 12.5 Å². The van der Waals surface area contributed by atoms with Crippen LogP contribution in [0.5, 0.6) is 0 Å². The van der Waals surface area contributed by atoms with Crippen molar-refractivity contribution in [3.05, 3.63) is 63.2 Å². The van der Waals surface area contributed by atoms with Crippen LogP contribution in [0.4, 0.5) is 19.0 Å². The number of rotatable bonds is 5. The molecule has 2 heterocycles. The van der Waals surface area contributed by atoms with Crippen LogP contribution in [0.15, 0.2) is 41.3 Å². The van der Waals surface area contributed by atoms with Crippen molar-refractivity contribution in [1.29, 1.82) is 0 Å². The molecular formula is C28H27ClF3N3O2. The van der Waals surface area contributed by atoms with Crippen molar-refractivity contribution in [2.24, 2.45) is 23.2 Å². The Kier molecular flexibility index (Phi) is 5.50. The van der Waals surface area contributed by atoms with Gasteiger partial charge in [-0.25, -0.2) is 18.2 Å². The number of anilines is 1. The first-order chi connectivity index (χ1) is 17.5. The van der Waals surface area contributed by atoms with Crippen LogP contribution < -0.4 is 10.3 Å². The second-order valence-electron chi connectivity index (χ2n) is 11.4. The summed E-state index contributed by atoms with van der Waals surface area (Å²) in [5, 5.41) is 0.331. The van der Waals surface area contributed by atoms with Crippen LogP contribution in [0.2, 0.25) is 5.02 Å². The van der Waals surface area contributed by atoms with E-state index < -0.39 is 34.4 Å². The van der Waals surface area contributed by atoms with Gasteiger partial charge < -0.3 is 4.90 Å². The first-order valence-electron chi connectivity index (χ1n) is 12.6. The number of pyridine rings is 2. The van der Waals surface area contributed by atoms with Crippen LogP contribution in [0.1, 0.15) is 48.9 Å². The third-order valence-corrected chi connectivity index (χ3v) is 9.01. The van der Waals surface area contributed by atoms with Gasteiger partial charge in [0, 0.05) is 38.5 Å². The molecule has 3 aromatic rings. The molecule has 2 aromatic heterocycles. The molecule has 0 radical (unpaired) electrons. The number of hydrogen-bond donors (Lipinski definition) is 0. The average Bonchev–Trinajstić information content (AvgIpc) is 2.82. The molecule has 0 amide bonds. The van der Waals surface area contributed by atoms with Crippen LogP contribution in [0, 0.1) is 29.0 Å². The van der Waals surface area contributed by atoms with E-state index in [2.05, 4.69) is 4.98 Å². The molecule has 4 fully saturated rings. The third kappa shape index (κ3) is 3.87. The Morgan fingerprint density at radius 3 is 2.49 bits per heavy atom. The van der Waals surface area contributed by atoms with E-state index in [4.69, 9.17) is 11.6 Å². The fraction of sp³-hybridized carbons (Fsp3) is 0.464. The average molecular weight is 530 g/mol. The van der Waals surface area contributed by atoms with Crippen molar-refractivity contribution < 1.29 is 18.0 Å². The maximum Gasteiger partial charge on any atom is 0.253 e. The highest BCUT2D eigenvalue weighted by Crippen LogP contribution is 2.66. The number of ketones is 1. The zero-order valence-electron chi connectivity index (χ0n) is 20.6. The number of nitrogens with zero attached hydrogens (tertiary/aromatic N) is 3. The summed E-state index contributed by atoms with van der Waals surface area (Å²) < 4.78 is 44.9. The van der Waals surface area contributed by atoms with Gasteiger partial charge in [0.2, 0.25) is 5.43 Å². The Morgan fingerprint density at radius 2 is 1.84 bits per heavy atom. The molecule has 37 heavy (non-hydrogen) atoms. The second-order valence-corrected chi connectivity index (χ2v) is 11.8. The van der Waals surface area contributed by atoms with Crippen molar-refractivity contribution in [2.75, 3.05) is 19.0 Å². The molecular weight excluding hydrogens is 503 g/mol. The maximum atomic E-state index is 14.8. The number of halogens is 4. The van der Waals surface area contributed by atoms with Crippen LogP contribution in [-0.2, 0) is 0 Å². The quantitative estimate of drug-likeness (QED) is 0.365. The van der Waals surface area contributed by atoms with Crippen LogP contribution in [0.3, 0.4) is 0 Å². The third-order valence-electron chi connectivity index (χ3n) is 8.70. The molecule has 194 valence electrons. The lowest BCUT2D eigenvalue weighted by Gasteiger charge is -2.59. The molecule has 5 nitrogen and oxygen atoms in total. The summed E-state index contributed by atoms with van der Waals surface area (Å²) in [5.41, 5.74) is -0.324. The molecule has 4 aliphatic rings. The summed E-state index contributed by atoms with van der Waals surface area (Å²) in [6.07, 6.45) is 3.91. The highest BCUT2D eigenvalue weighted by molar-refractivity contribution is 6.32. The van der Waals surface area contributed by atoms with Gasteiger partial charge in [0.15, 0.2) is 11.4 Å². The molecule has 7 rings (SSSR count). The Balaban J connectivity index is 1.46. The van der Waals surface area contributed by atoms with E-state index in [0.29, 0.717) is 37.2 Å². The number of carbonyl (C=O) groups excluding carboxylic acids is 1. The van der Waals surface area contributed by atoms with Crippen molar-refractivity contribution >= 4 is 34.2 Å². The topological polar surface area (TPSA) is 55.2 Å². The molecule has 0 spiro atoms. The van der Waals surface area contributed by atoms with E-state index in [9.17, 15) is 22.8 Å². The van der Waals surface area contributed by atoms with E-state index in [1.807, 2.05) is 14.1 Å². The minimum Gasteiger partial charge on any atom is -0.363 e. The molecule has 4 aliphatic carbocycles. The van der Waals surface area contributed by atoms with E-state index in [1.165, 1.54) is 18.3 Å². The van der Waals surface area contributed by atoms with Gasteiger partial charge in [0.1, 0.15) is 11.6 Å². The molecule has 9 heteroatoms. The largest absolute Gasteiger partial charge is 0.363 e. The van der Waals surface area contributed by atoms with Gasteiger partial charge in [-0.05, 0) is 73.8 Å². The smallest absolute Gasteiger partial charge is 0.253 e. The molecule has 4 bridgehead atoms. The number of carbonyl (C=O) groups is 1. The summed E-state index contributed by atoms with van der Waals surface area (Å²) in [6.45, 7) is 0. The summed E-state index contributed by atoms with van der Waals surface area (Å²) in [4.78, 5) is 33.7. The van der Waals surface area contributed by atoms with Gasteiger partial charge in [0.25, 0.3) is 5.92 Å². The predicted molar refractivity (Wildman–Crippen MR) is 137 cm³/mol. The lowest BCUT2D eigenvalue weighted by Crippen LogP contribution is -2.57. The Bertz CT molecular complexity index is 1480. The van der Waals surface area contributed by atoms with Crippen molar-refractivity contribution in [1.82, 2.24) is 9.55 Å². The van der Waals surface area contributed by atoms with Gasteiger partial charge in [0.05, 0.1) is 21.7 Å². The molecule has 0 aliphatic heterocycles. The number of alkyl halides is 2. The van der Waals surface area contributed by atoms with Gasteiger partial charge in [-0.1, -0.05) is 11.6 Å². The molecule has 2 unspecified atom stereocenters. The van der Waals surface area contributed by atoms with Gasteiger partial charge in [-0.2, -0.15) is 0 Å². The predicted octanol–water partition coefficient (Wildman–Crippen LogP) is 6.28. The van der Waals surface area contributed by atoms with E-state index >= 15 is 0 Å². The monoisotopic (exact) mass is 529 g/mol. The minimum atomic E-state index is -2.67. The Morgan fingerprint density at radius 1 is 1.14 bits per heavy atom. The summed E-state index contributed by atoms with van der Waals surface area (Å²) in [5.74, 6) is -4.12. The normalized spacial score (nSPS) is 27.6. The minimum absolute atomic E-state index is 0.0326. The fourth-order valence-electron chi connectivity index (χ4n) is 7.22. The van der Waals surface area contributed by atoms with Crippen LogP contribution in [0.25, 0.3) is 16.7 Å². The Labute approximate surface area is 217 Å². The number of benzene rings is 1. The van der Waals surface area contributed by atoms with Crippen molar-refractivity contribution in [2.45, 2.75) is 44.4 Å². The van der Waals surface area contributed by atoms with Gasteiger partial charge >= 0.3 is 0 Å². The zero-order chi connectivity index (χ0) is 26.3. The molecule has 2 atom stereocenters. The van der Waals surface area contributed by atoms with Crippen molar-refractivity contribution in [3.63, 3.8) is 0 Å². The SMILES string of the molecule is CN(C)c1ccc2c(=O)c(C(=O)CC34CC5CC(C3)C(F)(F)C(C5)C4)cn(-c3ccc(F)cc3Cl)c2n1. The molecule has 0 saturated heterocycles. The molecule has 1 aromatic carbocycles. The maximum absolute atomic E-state index is 14.8. The van der Waals surface area contributed by atoms with Gasteiger partial charge in [-0.15, -0.1) is 0 Å². The second kappa shape index (κ2) is 8.32. The highest BCUT2D eigenvalue weighted by atomic mass is 35.5. The summed E-state index contributed by atoms with van der Waals surface area (Å²) in [6, 6.07) is 7.19. The lowest BCUT2D eigenvalue weighted by molar-refractivity contribution is -0.225. The fourth-order valence-corrected chi connectivity index (χ4v) is 7.47. The van der Waals surface area contributed by atoms with E-state index in [1.54, 1.807) is 21.6 Å². The number of Topliss-reactive ketones (excluding diaryl/α,β-unsaturated/α-hetero) is 1. The first kappa shape index (κ1) is 24.5. The van der Waals surface area contributed by atoms with Crippen LogP contribution >= 0.6 is 11.6 Å². The van der Waals surface area contributed by atoms with Crippen LogP contribution in [-0.4, -0.2) is 35.4 Å². The lowest BCUT2D eigenvalue weighted by atomic mass is 9.47.